The van der Waals surface area contributed by atoms with E-state index < -0.39 is 20.8 Å². The van der Waals surface area contributed by atoms with Gasteiger partial charge < -0.3 is 5.32 Å². The lowest BCUT2D eigenvalue weighted by atomic mass is 10.0. The summed E-state index contributed by atoms with van der Waals surface area (Å²) in [5.74, 6) is -0.359. The van der Waals surface area contributed by atoms with Crippen LogP contribution in [0, 0.1) is 10.1 Å². The van der Waals surface area contributed by atoms with Crippen molar-refractivity contribution in [1.82, 2.24) is 5.32 Å². The topological polar surface area (TPSA) is 106 Å². The molecule has 0 fully saturated rings. The van der Waals surface area contributed by atoms with Gasteiger partial charge >= 0.3 is 0 Å². The van der Waals surface area contributed by atoms with Gasteiger partial charge in [0.25, 0.3) is 11.6 Å². The Morgan fingerprint density at radius 2 is 1.66 bits per heavy atom. The Kier molecular flexibility index (Phi) is 6.85. The lowest BCUT2D eigenvalue weighted by molar-refractivity contribution is -0.384. The molecule has 1 unspecified atom stereocenters. The summed E-state index contributed by atoms with van der Waals surface area (Å²) in [5, 5.41) is 14.0. The van der Waals surface area contributed by atoms with E-state index in [2.05, 4.69) is 5.32 Å². The molecule has 3 aromatic carbocycles. The molecule has 3 rings (SSSR count). The number of benzene rings is 3. The van der Waals surface area contributed by atoms with Crippen molar-refractivity contribution in [3.8, 4) is 0 Å². The minimum atomic E-state index is -3.31. The van der Waals surface area contributed by atoms with Crippen LogP contribution in [0.2, 0.25) is 0 Å². The van der Waals surface area contributed by atoms with Crippen molar-refractivity contribution < 1.29 is 18.1 Å². The van der Waals surface area contributed by atoms with Crippen molar-refractivity contribution in [2.75, 3.05) is 6.26 Å². The second kappa shape index (κ2) is 9.57. The summed E-state index contributed by atoms with van der Waals surface area (Å²) in [6.07, 6.45) is 2.75. The van der Waals surface area contributed by atoms with Gasteiger partial charge in [-0.05, 0) is 41.8 Å². The van der Waals surface area contributed by atoms with Crippen LogP contribution in [0.3, 0.4) is 0 Å². The highest BCUT2D eigenvalue weighted by Crippen LogP contribution is 2.23. The molecule has 0 bridgehead atoms. The van der Waals surface area contributed by atoms with Gasteiger partial charge in [0.1, 0.15) is 0 Å². The second-order valence-corrected chi connectivity index (χ2v) is 9.33. The maximum atomic E-state index is 13.2. The molecule has 0 aliphatic heterocycles. The van der Waals surface area contributed by atoms with Gasteiger partial charge in [-0.25, -0.2) is 8.42 Å². The van der Waals surface area contributed by atoms with Crippen molar-refractivity contribution >= 4 is 33.1 Å². The number of carbonyl (C=O) groups is 1. The first kappa shape index (κ1) is 22.9. The number of non-ortho nitro benzene ring substituents is 1. The number of nitro groups is 1. The van der Waals surface area contributed by atoms with Crippen molar-refractivity contribution in [1.29, 1.82) is 0 Å². The van der Waals surface area contributed by atoms with Gasteiger partial charge in [-0.3, -0.25) is 14.9 Å². The molecule has 0 saturated carbocycles. The minimum absolute atomic E-state index is 0.0640. The van der Waals surface area contributed by atoms with Gasteiger partial charge in [0.2, 0.25) is 0 Å². The van der Waals surface area contributed by atoms with Crippen LogP contribution in [0.5, 0.6) is 0 Å². The summed E-state index contributed by atoms with van der Waals surface area (Å²) in [5.41, 5.74) is 2.22. The molecule has 8 heteroatoms. The van der Waals surface area contributed by atoms with Crippen molar-refractivity contribution in [2.45, 2.75) is 17.9 Å². The predicted molar refractivity (Wildman–Crippen MR) is 124 cm³/mol. The number of nitro benzene ring substituents is 1. The van der Waals surface area contributed by atoms with Gasteiger partial charge in [0.05, 0.1) is 15.9 Å². The van der Waals surface area contributed by atoms with Gasteiger partial charge in [-0.1, -0.05) is 54.6 Å². The molecular formula is C24H22N2O5S. The Labute approximate surface area is 186 Å². The van der Waals surface area contributed by atoms with Crippen molar-refractivity contribution in [3.63, 3.8) is 0 Å². The van der Waals surface area contributed by atoms with E-state index in [9.17, 15) is 23.3 Å². The van der Waals surface area contributed by atoms with Crippen LogP contribution >= 0.6 is 0 Å². The fraction of sp³-hybridized carbons (Fsp3) is 0.125. The van der Waals surface area contributed by atoms with Gasteiger partial charge in [-0.15, -0.1) is 0 Å². The predicted octanol–water partition coefficient (Wildman–Crippen LogP) is 4.42. The summed E-state index contributed by atoms with van der Waals surface area (Å²) in [4.78, 5) is 24.0. The molecule has 0 saturated heterocycles. The number of hydrogen-bond donors (Lipinski definition) is 1. The van der Waals surface area contributed by atoms with Crippen LogP contribution in [-0.2, 0) is 14.6 Å². The van der Waals surface area contributed by atoms with Gasteiger partial charge in [0.15, 0.2) is 9.84 Å². The molecule has 0 aliphatic carbocycles. The van der Waals surface area contributed by atoms with Crippen molar-refractivity contribution in [3.05, 3.63) is 106 Å². The number of rotatable bonds is 7. The van der Waals surface area contributed by atoms with E-state index in [-0.39, 0.29) is 16.5 Å². The Balaban J connectivity index is 1.91. The van der Waals surface area contributed by atoms with E-state index in [4.69, 9.17) is 0 Å². The number of hydrogen-bond acceptors (Lipinski definition) is 5. The van der Waals surface area contributed by atoms with Crippen LogP contribution in [0.15, 0.2) is 83.8 Å². The molecule has 7 nitrogen and oxygen atoms in total. The molecular weight excluding hydrogens is 428 g/mol. The Morgan fingerprint density at radius 1 is 1.00 bits per heavy atom. The number of sulfone groups is 1. The van der Waals surface area contributed by atoms with E-state index in [1.54, 1.807) is 61.5 Å². The van der Waals surface area contributed by atoms with Crippen LogP contribution < -0.4 is 5.32 Å². The molecule has 0 aromatic heterocycles. The lowest BCUT2D eigenvalue weighted by Gasteiger charge is -2.17. The van der Waals surface area contributed by atoms with Crippen LogP contribution in [0.4, 0.5) is 5.69 Å². The number of amides is 1. The van der Waals surface area contributed by atoms with E-state index >= 15 is 0 Å². The Morgan fingerprint density at radius 3 is 2.25 bits per heavy atom. The molecule has 0 heterocycles. The summed E-state index contributed by atoms with van der Waals surface area (Å²) < 4.78 is 23.3. The minimum Gasteiger partial charge on any atom is -0.345 e. The monoisotopic (exact) mass is 450 g/mol. The quantitative estimate of drug-likeness (QED) is 0.248. The first-order valence-corrected chi connectivity index (χ1v) is 11.7. The first-order valence-electron chi connectivity index (χ1n) is 9.77. The number of nitrogens with one attached hydrogen (secondary N) is 1. The van der Waals surface area contributed by atoms with Crippen LogP contribution in [0.25, 0.3) is 11.6 Å². The highest BCUT2D eigenvalue weighted by Gasteiger charge is 2.17. The van der Waals surface area contributed by atoms with Gasteiger partial charge in [-0.2, -0.15) is 0 Å². The summed E-state index contributed by atoms with van der Waals surface area (Å²) in [7, 11) is -3.31. The van der Waals surface area contributed by atoms with E-state index in [1.807, 2.05) is 6.07 Å². The molecule has 1 atom stereocenters. The third kappa shape index (κ3) is 5.67. The first-order chi connectivity index (χ1) is 15.1. The maximum Gasteiger partial charge on any atom is 0.270 e. The smallest absolute Gasteiger partial charge is 0.270 e. The summed E-state index contributed by atoms with van der Waals surface area (Å²) in [6.45, 7) is 1.79. The van der Waals surface area contributed by atoms with E-state index in [0.29, 0.717) is 16.7 Å². The molecule has 0 radical (unpaired) electrons. The van der Waals surface area contributed by atoms with Gasteiger partial charge in [0, 0.05) is 24.0 Å². The Hall–Kier alpha value is -3.78. The van der Waals surface area contributed by atoms with E-state index in [1.165, 1.54) is 24.3 Å². The SMILES string of the molecule is CC(NC(=O)/C(=C/c1cccc([N+](=O)[O-])c1)c1ccccc1)c1ccc(S(C)(=O)=O)cc1. The summed E-state index contributed by atoms with van der Waals surface area (Å²) in [6, 6.07) is 21.0. The molecule has 3 aromatic rings. The zero-order valence-corrected chi connectivity index (χ0v) is 18.4. The highest BCUT2D eigenvalue weighted by atomic mass is 32.2. The zero-order chi connectivity index (χ0) is 23.3. The third-order valence-electron chi connectivity index (χ3n) is 4.88. The molecule has 0 aliphatic rings. The largest absolute Gasteiger partial charge is 0.345 e. The highest BCUT2D eigenvalue weighted by molar-refractivity contribution is 7.90. The second-order valence-electron chi connectivity index (χ2n) is 7.31. The van der Waals surface area contributed by atoms with E-state index in [0.717, 1.165) is 11.8 Å². The Bertz CT molecular complexity index is 1270. The average molecular weight is 451 g/mol. The van der Waals surface area contributed by atoms with Crippen molar-refractivity contribution in [2.24, 2.45) is 0 Å². The number of nitrogens with zero attached hydrogens (tertiary/aromatic N) is 1. The maximum absolute atomic E-state index is 13.2. The van der Waals surface area contributed by atoms with Crippen LogP contribution in [-0.4, -0.2) is 25.5 Å². The fourth-order valence-electron chi connectivity index (χ4n) is 3.15. The molecule has 32 heavy (non-hydrogen) atoms. The fourth-order valence-corrected chi connectivity index (χ4v) is 3.78. The number of carbonyl (C=O) groups excluding carboxylic acids is 1. The molecule has 164 valence electrons. The lowest BCUT2D eigenvalue weighted by Crippen LogP contribution is -2.27. The molecule has 1 N–H and O–H groups in total. The van der Waals surface area contributed by atoms with Crippen LogP contribution in [0.1, 0.15) is 29.7 Å². The standard InChI is InChI=1S/C24H22N2O5S/c1-17(19-11-13-22(14-12-19)32(2,30)31)25-24(27)23(20-8-4-3-5-9-20)16-18-7-6-10-21(15-18)26(28)29/h3-17H,1-2H3,(H,25,27)/b23-16+. The normalized spacial score (nSPS) is 12.8. The summed E-state index contributed by atoms with van der Waals surface area (Å²) >= 11 is 0. The zero-order valence-electron chi connectivity index (χ0n) is 17.6. The molecule has 1 amide bonds. The average Bonchev–Trinajstić information content (AvgIpc) is 2.77. The molecule has 0 spiro atoms. The third-order valence-corrected chi connectivity index (χ3v) is 6.01.